The van der Waals surface area contributed by atoms with Crippen molar-refractivity contribution in [3.8, 4) is 16.9 Å². The number of ether oxygens (including phenoxy) is 2. The zero-order valence-electron chi connectivity index (χ0n) is 14.8. The van der Waals surface area contributed by atoms with Gasteiger partial charge in [0, 0.05) is 33.7 Å². The lowest BCUT2D eigenvalue weighted by atomic mass is 10.1. The number of amides is 1. The van der Waals surface area contributed by atoms with Crippen LogP contribution in [0.2, 0.25) is 0 Å². The third-order valence-corrected chi connectivity index (χ3v) is 4.00. The van der Waals surface area contributed by atoms with Gasteiger partial charge in [-0.1, -0.05) is 18.2 Å². The van der Waals surface area contributed by atoms with Gasteiger partial charge in [0.1, 0.15) is 5.69 Å². The minimum atomic E-state index is -0.552. The van der Waals surface area contributed by atoms with Crippen LogP contribution < -0.4 is 10.9 Å². The minimum Gasteiger partial charge on any atom is -0.356 e. The summed E-state index contributed by atoms with van der Waals surface area (Å²) in [6, 6.07) is 9.08. The molecule has 2 aliphatic heterocycles. The van der Waals surface area contributed by atoms with Gasteiger partial charge >= 0.3 is 0 Å². The van der Waals surface area contributed by atoms with Gasteiger partial charge in [0.15, 0.2) is 6.29 Å². The van der Waals surface area contributed by atoms with Crippen molar-refractivity contribution in [2.75, 3.05) is 20.8 Å². The number of benzene rings is 1. The fourth-order valence-electron chi connectivity index (χ4n) is 2.68. The first-order valence-corrected chi connectivity index (χ1v) is 8.03. The van der Waals surface area contributed by atoms with E-state index < -0.39 is 6.29 Å². The van der Waals surface area contributed by atoms with Crippen molar-refractivity contribution in [1.82, 2.24) is 19.7 Å². The first-order chi connectivity index (χ1) is 12.5. The largest absolute Gasteiger partial charge is 0.356 e. The highest BCUT2D eigenvalue weighted by Crippen LogP contribution is 2.21. The smallest absolute Gasteiger partial charge is 0.282 e. The molecule has 3 rings (SSSR count). The van der Waals surface area contributed by atoms with Gasteiger partial charge in [-0.15, -0.1) is 0 Å². The molecule has 0 unspecified atom stereocenters. The van der Waals surface area contributed by atoms with Gasteiger partial charge in [-0.05, 0) is 12.1 Å². The quantitative estimate of drug-likeness (QED) is 0.667. The number of aromatic nitrogens is 3. The second-order valence-electron chi connectivity index (χ2n) is 5.76. The van der Waals surface area contributed by atoms with Crippen molar-refractivity contribution >= 4 is 5.91 Å². The summed E-state index contributed by atoms with van der Waals surface area (Å²) in [6.07, 6.45) is 2.74. The average Bonchev–Trinajstić information content (AvgIpc) is 2.99. The van der Waals surface area contributed by atoms with Gasteiger partial charge in [-0.3, -0.25) is 9.59 Å². The normalized spacial score (nSPS) is 11.2. The lowest BCUT2D eigenvalue weighted by Crippen LogP contribution is -2.34. The van der Waals surface area contributed by atoms with Crippen molar-refractivity contribution in [1.29, 1.82) is 0 Å². The maximum absolute atomic E-state index is 12.7. The first kappa shape index (κ1) is 17.8. The number of nitrogens with zero attached hydrogens (tertiary/aromatic N) is 3. The predicted octanol–water partition coefficient (Wildman–Crippen LogP) is 1.02. The SMILES string of the molecule is COC(CNC(=O)c1cn(C)cc2c(=O)n(-c3ccccc3)nc1-2)OC. The number of pyridine rings is 1. The number of hydrogen-bond donors (Lipinski definition) is 1. The Bertz CT molecular complexity index is 928. The second kappa shape index (κ2) is 7.51. The van der Waals surface area contributed by atoms with Crippen LogP contribution in [0.4, 0.5) is 0 Å². The van der Waals surface area contributed by atoms with Crippen LogP contribution in [0, 0.1) is 0 Å². The van der Waals surface area contributed by atoms with Gasteiger partial charge < -0.3 is 19.4 Å². The molecule has 26 heavy (non-hydrogen) atoms. The molecule has 0 radical (unpaired) electrons. The third-order valence-electron chi connectivity index (χ3n) is 4.00. The maximum Gasteiger partial charge on any atom is 0.282 e. The van der Waals surface area contributed by atoms with E-state index in [4.69, 9.17) is 9.47 Å². The van der Waals surface area contributed by atoms with Crippen molar-refractivity contribution in [3.63, 3.8) is 0 Å². The van der Waals surface area contributed by atoms with Gasteiger partial charge in [0.2, 0.25) is 0 Å². The van der Waals surface area contributed by atoms with Gasteiger partial charge in [-0.25, -0.2) is 0 Å². The van der Waals surface area contributed by atoms with Crippen LogP contribution in [0.25, 0.3) is 16.9 Å². The van der Waals surface area contributed by atoms with E-state index in [9.17, 15) is 9.59 Å². The van der Waals surface area contributed by atoms with E-state index in [1.54, 1.807) is 36.1 Å². The maximum atomic E-state index is 12.7. The van der Waals surface area contributed by atoms with Crippen LogP contribution in [0.1, 0.15) is 10.4 Å². The molecule has 8 nitrogen and oxygen atoms in total. The van der Waals surface area contributed by atoms with E-state index in [1.807, 2.05) is 18.2 Å². The third kappa shape index (κ3) is 3.37. The van der Waals surface area contributed by atoms with Crippen molar-refractivity contribution in [3.05, 3.63) is 58.6 Å². The molecule has 0 saturated carbocycles. The summed E-state index contributed by atoms with van der Waals surface area (Å²) in [5, 5.41) is 7.11. The molecule has 8 heteroatoms. The molecule has 0 fully saturated rings. The molecule has 1 aromatic carbocycles. The summed E-state index contributed by atoms with van der Waals surface area (Å²) in [7, 11) is 4.74. The highest BCUT2D eigenvalue weighted by Gasteiger charge is 2.24. The fourth-order valence-corrected chi connectivity index (χ4v) is 2.68. The van der Waals surface area contributed by atoms with E-state index in [-0.39, 0.29) is 18.0 Å². The number of rotatable bonds is 6. The Kier molecular flexibility index (Phi) is 5.15. The second-order valence-corrected chi connectivity index (χ2v) is 5.76. The molecule has 0 atom stereocenters. The minimum absolute atomic E-state index is 0.176. The monoisotopic (exact) mass is 356 g/mol. The lowest BCUT2D eigenvalue weighted by molar-refractivity contribution is -0.0974. The van der Waals surface area contributed by atoms with Crippen molar-refractivity contribution in [2.45, 2.75) is 6.29 Å². The summed E-state index contributed by atoms with van der Waals surface area (Å²) >= 11 is 0. The molecule has 0 aliphatic carbocycles. The average molecular weight is 356 g/mol. The Hall–Kier alpha value is -2.97. The molecule has 1 amide bonds. The molecule has 1 N–H and O–H groups in total. The number of aryl methyl sites for hydroxylation is 1. The van der Waals surface area contributed by atoms with Crippen LogP contribution in [-0.4, -0.2) is 47.3 Å². The van der Waals surface area contributed by atoms with E-state index in [0.29, 0.717) is 22.5 Å². The van der Waals surface area contributed by atoms with E-state index >= 15 is 0 Å². The summed E-state index contributed by atoms with van der Waals surface area (Å²) in [4.78, 5) is 25.3. The number of hydrogen-bond acceptors (Lipinski definition) is 5. The molecular formula is C18H20N4O4. The number of fused-ring (bicyclic) bond motifs is 1. The van der Waals surface area contributed by atoms with Crippen LogP contribution >= 0.6 is 0 Å². The molecule has 0 bridgehead atoms. The fraction of sp³-hybridized carbons (Fsp3) is 0.278. The molecule has 0 spiro atoms. The Morgan fingerprint density at radius 1 is 1.19 bits per heavy atom. The Morgan fingerprint density at radius 2 is 1.88 bits per heavy atom. The number of methoxy groups -OCH3 is 2. The standard InChI is InChI=1S/C18H20N4O4/c1-21-10-13(17(23)19-9-15(25-2)26-3)16-14(11-21)18(24)22(20-16)12-7-5-4-6-8-12/h4-8,10-11,15H,9H2,1-3H3,(H,19,23). The summed E-state index contributed by atoms with van der Waals surface area (Å²) in [6.45, 7) is 0.176. The molecule has 136 valence electrons. The summed E-state index contributed by atoms with van der Waals surface area (Å²) in [5.41, 5.74) is 1.40. The van der Waals surface area contributed by atoms with Gasteiger partial charge in [-0.2, -0.15) is 9.78 Å². The molecule has 2 heterocycles. The van der Waals surface area contributed by atoms with Crippen molar-refractivity contribution < 1.29 is 14.3 Å². The Balaban J connectivity index is 2.01. The van der Waals surface area contributed by atoms with E-state index in [1.165, 1.54) is 18.9 Å². The topological polar surface area (TPSA) is 87.4 Å². The summed E-state index contributed by atoms with van der Waals surface area (Å²) < 4.78 is 13.1. The molecule has 2 aliphatic rings. The number of para-hydroxylation sites is 1. The van der Waals surface area contributed by atoms with Crippen LogP contribution in [0.3, 0.4) is 0 Å². The first-order valence-electron chi connectivity index (χ1n) is 8.03. The highest BCUT2D eigenvalue weighted by atomic mass is 16.7. The zero-order chi connectivity index (χ0) is 18.7. The number of nitrogens with one attached hydrogen (secondary N) is 1. The van der Waals surface area contributed by atoms with Crippen molar-refractivity contribution in [2.24, 2.45) is 7.05 Å². The van der Waals surface area contributed by atoms with Crippen LogP contribution in [0.15, 0.2) is 47.5 Å². The zero-order valence-corrected chi connectivity index (χ0v) is 14.8. The lowest BCUT2D eigenvalue weighted by Gasteiger charge is -2.15. The number of carbonyl (C=O) groups excluding carboxylic acids is 1. The van der Waals surface area contributed by atoms with E-state index in [2.05, 4.69) is 10.4 Å². The molecule has 0 saturated heterocycles. The van der Waals surface area contributed by atoms with E-state index in [0.717, 1.165) is 0 Å². The van der Waals surface area contributed by atoms with Crippen LogP contribution in [0.5, 0.6) is 0 Å². The Morgan fingerprint density at radius 3 is 2.54 bits per heavy atom. The predicted molar refractivity (Wildman–Crippen MR) is 95.6 cm³/mol. The summed E-state index contributed by atoms with van der Waals surface area (Å²) in [5.74, 6) is -0.358. The molecule has 0 aromatic heterocycles. The van der Waals surface area contributed by atoms with Gasteiger partial charge in [0.05, 0.1) is 23.4 Å². The number of carbonyl (C=O) groups is 1. The highest BCUT2D eigenvalue weighted by molar-refractivity contribution is 5.99. The van der Waals surface area contributed by atoms with Crippen LogP contribution in [-0.2, 0) is 16.5 Å². The molecular weight excluding hydrogens is 336 g/mol. The Labute approximate surface area is 150 Å². The van der Waals surface area contributed by atoms with Gasteiger partial charge in [0.25, 0.3) is 11.5 Å². The molecule has 1 aromatic rings.